The van der Waals surface area contributed by atoms with Crippen molar-refractivity contribution in [2.45, 2.75) is 40.2 Å². The fourth-order valence-corrected chi connectivity index (χ4v) is 1.76. The molecule has 106 valence electrons. The highest BCUT2D eigenvalue weighted by molar-refractivity contribution is 5.84. The fraction of sp³-hybridized carbons (Fsp3) is 0.533. The van der Waals surface area contributed by atoms with Crippen LogP contribution < -0.4 is 10.1 Å². The second-order valence-corrected chi connectivity index (χ2v) is 5.11. The third-order valence-electron chi connectivity index (χ3n) is 3.05. The summed E-state index contributed by atoms with van der Waals surface area (Å²) in [7, 11) is 1.62. The van der Waals surface area contributed by atoms with Crippen molar-refractivity contribution in [2.75, 3.05) is 19.0 Å². The number of rotatable bonds is 5. The Morgan fingerprint density at radius 1 is 1.26 bits per heavy atom. The Kier molecular flexibility index (Phi) is 4.81. The van der Waals surface area contributed by atoms with Gasteiger partial charge in [-0.3, -0.25) is 0 Å². The predicted octanol–water partition coefficient (Wildman–Crippen LogP) is 3.07. The van der Waals surface area contributed by atoms with Gasteiger partial charge in [0.05, 0.1) is 19.4 Å². The lowest BCUT2D eigenvalue weighted by Crippen LogP contribution is -2.41. The van der Waals surface area contributed by atoms with E-state index < -0.39 is 5.54 Å². The Morgan fingerprint density at radius 2 is 1.84 bits per heavy atom. The topological polar surface area (TPSA) is 47.6 Å². The second-order valence-electron chi connectivity index (χ2n) is 5.11. The van der Waals surface area contributed by atoms with E-state index in [2.05, 4.69) is 5.32 Å². The van der Waals surface area contributed by atoms with E-state index in [0.717, 1.165) is 22.6 Å². The van der Waals surface area contributed by atoms with E-state index in [0.29, 0.717) is 6.61 Å². The summed E-state index contributed by atoms with van der Waals surface area (Å²) in [6, 6.07) is 3.94. The van der Waals surface area contributed by atoms with Crippen LogP contribution in [0.4, 0.5) is 5.69 Å². The highest BCUT2D eigenvalue weighted by atomic mass is 16.5. The summed E-state index contributed by atoms with van der Waals surface area (Å²) in [5.74, 6) is 0.441. The van der Waals surface area contributed by atoms with Gasteiger partial charge in [-0.1, -0.05) is 0 Å². The van der Waals surface area contributed by atoms with Crippen LogP contribution in [0.5, 0.6) is 5.75 Å². The van der Waals surface area contributed by atoms with Gasteiger partial charge < -0.3 is 14.8 Å². The van der Waals surface area contributed by atoms with Gasteiger partial charge in [0.25, 0.3) is 0 Å². The van der Waals surface area contributed by atoms with E-state index in [1.54, 1.807) is 27.9 Å². The molecule has 4 nitrogen and oxygen atoms in total. The molecule has 1 rings (SSSR count). The van der Waals surface area contributed by atoms with Crippen LogP contribution in [-0.4, -0.2) is 25.2 Å². The van der Waals surface area contributed by atoms with E-state index in [4.69, 9.17) is 9.47 Å². The number of nitrogens with one attached hydrogen (secondary N) is 1. The lowest BCUT2D eigenvalue weighted by Gasteiger charge is -2.26. The SMILES string of the molecule is CCOC(=O)C(C)(C)Nc1cc(C)c(C)cc1OC. The molecule has 19 heavy (non-hydrogen) atoms. The number of methoxy groups -OCH3 is 1. The molecule has 0 aliphatic heterocycles. The smallest absolute Gasteiger partial charge is 0.331 e. The molecule has 0 fully saturated rings. The first-order valence-corrected chi connectivity index (χ1v) is 6.42. The average Bonchev–Trinajstić information content (AvgIpc) is 2.33. The number of ether oxygens (including phenoxy) is 2. The molecule has 0 atom stereocenters. The summed E-state index contributed by atoms with van der Waals surface area (Å²) >= 11 is 0. The molecule has 0 saturated heterocycles. The summed E-state index contributed by atoms with van der Waals surface area (Å²) in [6.07, 6.45) is 0. The Morgan fingerprint density at radius 3 is 2.37 bits per heavy atom. The monoisotopic (exact) mass is 265 g/mol. The van der Waals surface area contributed by atoms with Crippen molar-refractivity contribution < 1.29 is 14.3 Å². The number of hydrogen-bond acceptors (Lipinski definition) is 4. The van der Waals surface area contributed by atoms with Crippen molar-refractivity contribution in [1.29, 1.82) is 0 Å². The molecule has 0 aliphatic carbocycles. The van der Waals surface area contributed by atoms with Gasteiger partial charge >= 0.3 is 5.97 Å². The summed E-state index contributed by atoms with van der Waals surface area (Å²) in [5, 5.41) is 3.19. The Balaban J connectivity index is 3.04. The van der Waals surface area contributed by atoms with Gasteiger partial charge in [0.15, 0.2) is 0 Å². The maximum absolute atomic E-state index is 11.9. The van der Waals surface area contributed by atoms with Gasteiger partial charge in [-0.05, 0) is 57.9 Å². The van der Waals surface area contributed by atoms with Crippen LogP contribution in [0.3, 0.4) is 0 Å². The van der Waals surface area contributed by atoms with Crippen LogP contribution in [-0.2, 0) is 9.53 Å². The average molecular weight is 265 g/mol. The van der Waals surface area contributed by atoms with Crippen LogP contribution in [0.1, 0.15) is 31.9 Å². The molecule has 0 saturated carbocycles. The minimum Gasteiger partial charge on any atom is -0.495 e. The van der Waals surface area contributed by atoms with E-state index in [1.807, 2.05) is 26.0 Å². The number of benzene rings is 1. The standard InChI is InChI=1S/C15H23NO3/c1-7-19-14(17)15(4,5)16-12-8-10(2)11(3)9-13(12)18-6/h8-9,16H,7H2,1-6H3. The molecule has 1 N–H and O–H groups in total. The van der Waals surface area contributed by atoms with Crippen molar-refractivity contribution in [1.82, 2.24) is 0 Å². The number of esters is 1. The largest absolute Gasteiger partial charge is 0.495 e. The number of anilines is 1. The molecule has 0 amide bonds. The van der Waals surface area contributed by atoms with Crippen LogP contribution in [0, 0.1) is 13.8 Å². The number of carbonyl (C=O) groups excluding carboxylic acids is 1. The summed E-state index contributed by atoms with van der Waals surface area (Å²) in [5.41, 5.74) is 2.29. The van der Waals surface area contributed by atoms with Crippen LogP contribution in [0.25, 0.3) is 0 Å². The van der Waals surface area contributed by atoms with Gasteiger partial charge in [-0.2, -0.15) is 0 Å². The van der Waals surface area contributed by atoms with Crippen molar-refractivity contribution in [3.8, 4) is 5.75 Å². The molecule has 0 unspecified atom stereocenters. The quantitative estimate of drug-likeness (QED) is 0.831. The Bertz CT molecular complexity index is 467. The van der Waals surface area contributed by atoms with E-state index in [9.17, 15) is 4.79 Å². The predicted molar refractivity (Wildman–Crippen MR) is 76.8 cm³/mol. The van der Waals surface area contributed by atoms with E-state index >= 15 is 0 Å². The summed E-state index contributed by atoms with van der Waals surface area (Å²) < 4.78 is 10.4. The zero-order chi connectivity index (χ0) is 14.6. The van der Waals surface area contributed by atoms with E-state index in [1.165, 1.54) is 0 Å². The highest BCUT2D eigenvalue weighted by Crippen LogP contribution is 2.30. The molecule has 1 aromatic rings. The number of hydrogen-bond donors (Lipinski definition) is 1. The summed E-state index contributed by atoms with van der Waals surface area (Å²) in [4.78, 5) is 11.9. The highest BCUT2D eigenvalue weighted by Gasteiger charge is 2.30. The number of carbonyl (C=O) groups is 1. The second kappa shape index (κ2) is 5.95. The van der Waals surface area contributed by atoms with Gasteiger partial charge in [0, 0.05) is 0 Å². The lowest BCUT2D eigenvalue weighted by molar-refractivity contribution is -0.147. The zero-order valence-corrected chi connectivity index (χ0v) is 12.6. The van der Waals surface area contributed by atoms with Crippen LogP contribution in [0.2, 0.25) is 0 Å². The van der Waals surface area contributed by atoms with Crippen molar-refractivity contribution >= 4 is 11.7 Å². The molecule has 0 aliphatic rings. The molecule has 1 aromatic carbocycles. The first-order valence-electron chi connectivity index (χ1n) is 6.42. The first-order chi connectivity index (χ1) is 8.81. The maximum Gasteiger partial charge on any atom is 0.331 e. The van der Waals surface area contributed by atoms with Gasteiger partial charge in [0.2, 0.25) is 0 Å². The molecule has 0 heterocycles. The molecule has 0 aromatic heterocycles. The molecule has 0 radical (unpaired) electrons. The number of aryl methyl sites for hydroxylation is 2. The van der Waals surface area contributed by atoms with Crippen molar-refractivity contribution in [2.24, 2.45) is 0 Å². The third kappa shape index (κ3) is 3.63. The first kappa shape index (κ1) is 15.3. The molecular weight excluding hydrogens is 242 g/mol. The van der Waals surface area contributed by atoms with Gasteiger partial charge in [-0.25, -0.2) is 4.79 Å². The van der Waals surface area contributed by atoms with Crippen molar-refractivity contribution in [3.63, 3.8) is 0 Å². The minimum absolute atomic E-state index is 0.282. The normalized spacial score (nSPS) is 11.1. The summed E-state index contributed by atoms with van der Waals surface area (Å²) in [6.45, 7) is 9.80. The Hall–Kier alpha value is -1.71. The molecule has 0 spiro atoms. The third-order valence-corrected chi connectivity index (χ3v) is 3.05. The van der Waals surface area contributed by atoms with Crippen LogP contribution in [0.15, 0.2) is 12.1 Å². The lowest BCUT2D eigenvalue weighted by atomic mass is 10.0. The van der Waals surface area contributed by atoms with Gasteiger partial charge in [-0.15, -0.1) is 0 Å². The maximum atomic E-state index is 11.9. The molecular formula is C15H23NO3. The Labute approximate surface area is 115 Å². The van der Waals surface area contributed by atoms with Gasteiger partial charge in [0.1, 0.15) is 11.3 Å². The molecule has 0 bridgehead atoms. The van der Waals surface area contributed by atoms with E-state index in [-0.39, 0.29) is 5.97 Å². The zero-order valence-electron chi connectivity index (χ0n) is 12.6. The minimum atomic E-state index is -0.801. The van der Waals surface area contributed by atoms with Crippen LogP contribution >= 0.6 is 0 Å². The fourth-order valence-electron chi connectivity index (χ4n) is 1.76. The van der Waals surface area contributed by atoms with Crippen molar-refractivity contribution in [3.05, 3.63) is 23.3 Å². The molecule has 4 heteroatoms.